The Labute approximate surface area is 167 Å². The summed E-state index contributed by atoms with van der Waals surface area (Å²) in [4.78, 5) is 24.3. The first kappa shape index (κ1) is 19.9. The molecule has 0 aliphatic carbocycles. The van der Waals surface area contributed by atoms with Crippen LogP contribution in [0, 0.1) is 5.82 Å². The molecular formula is C22H19FN2O4. The number of carbonyl (C=O) groups is 2. The number of hydrogen-bond donors (Lipinski definition) is 2. The average Bonchev–Trinajstić information content (AvgIpc) is 2.74. The first-order valence-electron chi connectivity index (χ1n) is 8.86. The van der Waals surface area contributed by atoms with E-state index in [1.807, 2.05) is 30.3 Å². The van der Waals surface area contributed by atoms with Crippen LogP contribution in [0.3, 0.4) is 0 Å². The van der Waals surface area contributed by atoms with Crippen molar-refractivity contribution in [3.8, 4) is 17.2 Å². The van der Waals surface area contributed by atoms with Gasteiger partial charge in [-0.2, -0.15) is 0 Å². The highest BCUT2D eigenvalue weighted by Gasteiger charge is 2.16. The lowest BCUT2D eigenvalue weighted by atomic mass is 10.2. The number of benzene rings is 3. The monoisotopic (exact) mass is 394 g/mol. The Bertz CT molecular complexity index is 960. The zero-order valence-electron chi connectivity index (χ0n) is 15.6. The molecule has 0 heterocycles. The second kappa shape index (κ2) is 9.36. The summed E-state index contributed by atoms with van der Waals surface area (Å²) < 4.78 is 24.0. The van der Waals surface area contributed by atoms with Gasteiger partial charge in [0.15, 0.2) is 6.10 Å². The van der Waals surface area contributed by atoms with Gasteiger partial charge in [0.05, 0.1) is 0 Å². The van der Waals surface area contributed by atoms with Crippen LogP contribution in [0.2, 0.25) is 0 Å². The van der Waals surface area contributed by atoms with Crippen LogP contribution in [0.1, 0.15) is 17.3 Å². The molecule has 0 saturated heterocycles. The van der Waals surface area contributed by atoms with Crippen molar-refractivity contribution in [1.29, 1.82) is 0 Å². The lowest BCUT2D eigenvalue weighted by Gasteiger charge is -2.15. The van der Waals surface area contributed by atoms with Gasteiger partial charge in [0.2, 0.25) is 0 Å². The fraction of sp³-hybridized carbons (Fsp3) is 0.0909. The number of para-hydroxylation sites is 1. The molecule has 7 heteroatoms. The molecule has 0 saturated carbocycles. The zero-order valence-corrected chi connectivity index (χ0v) is 15.6. The van der Waals surface area contributed by atoms with E-state index >= 15 is 0 Å². The molecule has 0 fully saturated rings. The van der Waals surface area contributed by atoms with E-state index in [-0.39, 0.29) is 0 Å². The number of hydrogen-bond acceptors (Lipinski definition) is 4. The fourth-order valence-electron chi connectivity index (χ4n) is 2.36. The normalized spacial score (nSPS) is 11.2. The third-order valence-corrected chi connectivity index (χ3v) is 3.89. The largest absolute Gasteiger partial charge is 0.481 e. The van der Waals surface area contributed by atoms with Crippen molar-refractivity contribution >= 4 is 11.8 Å². The second-order valence-corrected chi connectivity index (χ2v) is 6.10. The molecule has 3 aromatic carbocycles. The number of amides is 2. The van der Waals surface area contributed by atoms with Crippen LogP contribution >= 0.6 is 0 Å². The van der Waals surface area contributed by atoms with Crippen molar-refractivity contribution in [2.24, 2.45) is 0 Å². The summed E-state index contributed by atoms with van der Waals surface area (Å²) in [6, 6.07) is 21.0. The smallest absolute Gasteiger partial charge is 0.279 e. The molecule has 0 bridgehead atoms. The highest BCUT2D eigenvalue weighted by molar-refractivity contribution is 5.95. The van der Waals surface area contributed by atoms with Gasteiger partial charge in [-0.05, 0) is 67.6 Å². The van der Waals surface area contributed by atoms with Gasteiger partial charge in [0.25, 0.3) is 11.8 Å². The van der Waals surface area contributed by atoms with Gasteiger partial charge in [0.1, 0.15) is 23.1 Å². The molecule has 2 N–H and O–H groups in total. The van der Waals surface area contributed by atoms with Gasteiger partial charge in [-0.15, -0.1) is 0 Å². The molecule has 0 aromatic heterocycles. The van der Waals surface area contributed by atoms with Crippen LogP contribution < -0.4 is 20.3 Å². The van der Waals surface area contributed by atoms with Crippen LogP contribution in [-0.4, -0.2) is 17.9 Å². The number of carbonyl (C=O) groups excluding carboxylic acids is 2. The molecule has 148 valence electrons. The van der Waals surface area contributed by atoms with Crippen LogP contribution in [0.5, 0.6) is 17.2 Å². The van der Waals surface area contributed by atoms with Crippen LogP contribution in [0.15, 0.2) is 78.9 Å². The summed E-state index contributed by atoms with van der Waals surface area (Å²) in [6.45, 7) is 1.51. The molecule has 3 rings (SSSR count). The van der Waals surface area contributed by atoms with E-state index in [2.05, 4.69) is 10.9 Å². The number of halogens is 1. The van der Waals surface area contributed by atoms with Gasteiger partial charge in [-0.25, -0.2) is 4.39 Å². The highest BCUT2D eigenvalue weighted by atomic mass is 19.1. The predicted molar refractivity (Wildman–Crippen MR) is 105 cm³/mol. The molecular weight excluding hydrogens is 375 g/mol. The summed E-state index contributed by atoms with van der Waals surface area (Å²) in [5, 5.41) is 0. The number of hydrazine groups is 1. The third-order valence-electron chi connectivity index (χ3n) is 3.89. The maximum atomic E-state index is 12.9. The Hall–Kier alpha value is -3.87. The Morgan fingerprint density at radius 3 is 2.03 bits per heavy atom. The maximum Gasteiger partial charge on any atom is 0.279 e. The standard InChI is InChI=1S/C22H19FN2O4/c1-15(28-19-13-9-17(23)10-14-19)21(26)24-25-22(27)16-7-11-20(12-8-16)29-18-5-3-2-4-6-18/h2-15H,1H3,(H,24,26)(H,25,27)/t15-/m0/s1. The van der Waals surface area contributed by atoms with Crippen LogP contribution in [0.4, 0.5) is 4.39 Å². The van der Waals surface area contributed by atoms with Crippen molar-refractivity contribution in [2.45, 2.75) is 13.0 Å². The summed E-state index contributed by atoms with van der Waals surface area (Å²) in [5.74, 6) is 0.173. The molecule has 0 aliphatic rings. The molecule has 6 nitrogen and oxygen atoms in total. The van der Waals surface area contributed by atoms with Crippen LogP contribution in [0.25, 0.3) is 0 Å². The SMILES string of the molecule is C[C@H](Oc1ccc(F)cc1)C(=O)NNC(=O)c1ccc(Oc2ccccc2)cc1. The number of rotatable bonds is 6. The quantitative estimate of drug-likeness (QED) is 0.623. The van der Waals surface area contributed by atoms with E-state index in [4.69, 9.17) is 9.47 Å². The molecule has 29 heavy (non-hydrogen) atoms. The van der Waals surface area contributed by atoms with Gasteiger partial charge in [-0.1, -0.05) is 18.2 Å². The van der Waals surface area contributed by atoms with Crippen molar-refractivity contribution < 1.29 is 23.5 Å². The maximum absolute atomic E-state index is 12.9. The van der Waals surface area contributed by atoms with E-state index in [0.717, 1.165) is 0 Å². The Kier molecular flexibility index (Phi) is 6.42. The minimum absolute atomic E-state index is 0.342. The van der Waals surface area contributed by atoms with Gasteiger partial charge in [0, 0.05) is 5.56 Å². The summed E-state index contributed by atoms with van der Waals surface area (Å²) in [7, 11) is 0. The molecule has 3 aromatic rings. The van der Waals surface area contributed by atoms with E-state index in [1.54, 1.807) is 24.3 Å². The summed E-state index contributed by atoms with van der Waals surface area (Å²) in [5.41, 5.74) is 4.97. The molecule has 0 aliphatic heterocycles. The summed E-state index contributed by atoms with van der Waals surface area (Å²) in [6.07, 6.45) is -0.887. The van der Waals surface area contributed by atoms with Crippen molar-refractivity contribution in [3.63, 3.8) is 0 Å². The van der Waals surface area contributed by atoms with Gasteiger partial charge < -0.3 is 9.47 Å². The third kappa shape index (κ3) is 5.80. The van der Waals surface area contributed by atoms with Crippen molar-refractivity contribution in [1.82, 2.24) is 10.9 Å². The van der Waals surface area contributed by atoms with E-state index in [0.29, 0.717) is 22.8 Å². The Balaban J connectivity index is 1.49. The van der Waals surface area contributed by atoms with E-state index < -0.39 is 23.7 Å². The molecule has 0 spiro atoms. The first-order valence-corrected chi connectivity index (χ1v) is 8.86. The molecule has 1 atom stereocenters. The van der Waals surface area contributed by atoms with Crippen molar-refractivity contribution in [2.75, 3.05) is 0 Å². The fourth-order valence-corrected chi connectivity index (χ4v) is 2.36. The molecule has 0 radical (unpaired) electrons. The van der Waals surface area contributed by atoms with E-state index in [9.17, 15) is 14.0 Å². The molecule has 0 unspecified atom stereocenters. The average molecular weight is 394 g/mol. The second-order valence-electron chi connectivity index (χ2n) is 6.10. The lowest BCUT2D eigenvalue weighted by molar-refractivity contribution is -0.128. The first-order chi connectivity index (χ1) is 14.0. The van der Waals surface area contributed by atoms with E-state index in [1.165, 1.54) is 31.2 Å². The van der Waals surface area contributed by atoms with Gasteiger partial charge in [-0.3, -0.25) is 20.4 Å². The minimum atomic E-state index is -0.887. The Morgan fingerprint density at radius 2 is 1.38 bits per heavy atom. The summed E-state index contributed by atoms with van der Waals surface area (Å²) >= 11 is 0. The van der Waals surface area contributed by atoms with Gasteiger partial charge >= 0.3 is 0 Å². The highest BCUT2D eigenvalue weighted by Crippen LogP contribution is 2.21. The topological polar surface area (TPSA) is 76.7 Å². The van der Waals surface area contributed by atoms with Crippen LogP contribution in [-0.2, 0) is 4.79 Å². The zero-order chi connectivity index (χ0) is 20.6. The predicted octanol–water partition coefficient (Wildman–Crippen LogP) is 3.85. The minimum Gasteiger partial charge on any atom is -0.481 e. The lowest BCUT2D eigenvalue weighted by Crippen LogP contribution is -2.47. The number of ether oxygens (including phenoxy) is 2. The molecule has 2 amide bonds. The van der Waals surface area contributed by atoms with Crippen molar-refractivity contribution in [3.05, 3.63) is 90.2 Å². The number of nitrogens with one attached hydrogen (secondary N) is 2. The Morgan fingerprint density at radius 1 is 0.793 bits per heavy atom.